The van der Waals surface area contributed by atoms with Gasteiger partial charge in [-0.1, -0.05) is 0 Å². The number of hydrogen-bond acceptors (Lipinski definition) is 5. The van der Waals surface area contributed by atoms with Crippen molar-refractivity contribution in [1.82, 2.24) is 9.97 Å². The molecule has 24 heavy (non-hydrogen) atoms. The Kier molecular flexibility index (Phi) is 5.50. The quantitative estimate of drug-likeness (QED) is 0.785. The van der Waals surface area contributed by atoms with Crippen LogP contribution in [-0.4, -0.2) is 34.3 Å². The molecular weight excluding hydrogens is 337 g/mol. The van der Waals surface area contributed by atoms with Crippen LogP contribution in [-0.2, 0) is 6.18 Å². The fourth-order valence-electron chi connectivity index (χ4n) is 1.63. The summed E-state index contributed by atoms with van der Waals surface area (Å²) in [5.74, 6) is -2.44. The zero-order valence-corrected chi connectivity index (χ0v) is 12.0. The highest BCUT2D eigenvalue weighted by atomic mass is 19.4. The van der Waals surface area contributed by atoms with Gasteiger partial charge in [0, 0.05) is 18.8 Å². The average Bonchev–Trinajstić information content (AvgIpc) is 2.53. The highest BCUT2D eigenvalue weighted by Gasteiger charge is 2.32. The van der Waals surface area contributed by atoms with Crippen LogP contribution in [0.25, 0.3) is 0 Å². The molecule has 0 fully saturated rings. The molecule has 0 aliphatic carbocycles. The third kappa shape index (κ3) is 5.01. The second kappa shape index (κ2) is 7.39. The van der Waals surface area contributed by atoms with Crippen molar-refractivity contribution in [3.8, 4) is 5.75 Å². The molecule has 0 bridgehead atoms. The molecule has 0 aliphatic heterocycles. The highest BCUT2D eigenvalue weighted by Crippen LogP contribution is 2.27. The first-order valence-electron chi connectivity index (χ1n) is 6.66. The number of rotatable bonds is 6. The van der Waals surface area contributed by atoms with Crippen LogP contribution >= 0.6 is 0 Å². The van der Waals surface area contributed by atoms with Crippen LogP contribution < -0.4 is 10.1 Å². The van der Waals surface area contributed by atoms with E-state index >= 15 is 0 Å². The van der Waals surface area contributed by atoms with E-state index in [-0.39, 0.29) is 24.8 Å². The molecule has 10 heteroatoms. The van der Waals surface area contributed by atoms with E-state index in [4.69, 9.17) is 4.74 Å². The highest BCUT2D eigenvalue weighted by molar-refractivity contribution is 5.26. The molecule has 2 aromatic rings. The monoisotopic (exact) mass is 349 g/mol. The van der Waals surface area contributed by atoms with E-state index in [1.807, 2.05) is 0 Å². The molecule has 0 saturated carbocycles. The Bertz CT molecular complexity index is 696. The minimum absolute atomic E-state index is 0.00303. The number of halogens is 5. The Morgan fingerprint density at radius 2 is 1.92 bits per heavy atom. The third-order valence-electron chi connectivity index (χ3n) is 2.78. The molecule has 2 N–H and O–H groups in total. The van der Waals surface area contributed by atoms with Crippen molar-refractivity contribution in [1.29, 1.82) is 0 Å². The number of aromatic nitrogens is 2. The Morgan fingerprint density at radius 1 is 1.17 bits per heavy atom. The first-order valence-corrected chi connectivity index (χ1v) is 6.66. The second-order valence-electron chi connectivity index (χ2n) is 4.68. The lowest BCUT2D eigenvalue weighted by molar-refractivity contribution is -0.141. The van der Waals surface area contributed by atoms with Gasteiger partial charge in [-0.2, -0.15) is 13.2 Å². The molecule has 0 spiro atoms. The zero-order chi connectivity index (χ0) is 17.7. The molecule has 1 heterocycles. The summed E-state index contributed by atoms with van der Waals surface area (Å²) in [6.45, 7) is -0.498. The molecule has 0 aliphatic rings. The molecular formula is C14H12F5N3O2. The number of nitrogens with one attached hydrogen (secondary N) is 1. The summed E-state index contributed by atoms with van der Waals surface area (Å²) < 4.78 is 68.2. The molecule has 1 unspecified atom stereocenters. The lowest BCUT2D eigenvalue weighted by Crippen LogP contribution is -2.27. The number of anilines is 1. The van der Waals surface area contributed by atoms with Gasteiger partial charge in [0.05, 0.1) is 0 Å². The molecule has 1 aromatic carbocycles. The number of aliphatic hydroxyl groups excluding tert-OH is 1. The molecule has 2 rings (SSSR count). The number of nitrogens with zero attached hydrogens (tertiary/aromatic N) is 2. The molecule has 130 valence electrons. The second-order valence-corrected chi connectivity index (χ2v) is 4.68. The molecule has 0 amide bonds. The summed E-state index contributed by atoms with van der Waals surface area (Å²) in [5, 5.41) is 12.1. The lowest BCUT2D eigenvalue weighted by Gasteiger charge is -2.14. The van der Waals surface area contributed by atoms with Crippen LogP contribution in [0.4, 0.5) is 27.9 Å². The maximum Gasteiger partial charge on any atom is 0.433 e. The van der Waals surface area contributed by atoms with E-state index in [1.54, 1.807) is 0 Å². The van der Waals surface area contributed by atoms with Gasteiger partial charge in [-0.25, -0.2) is 18.7 Å². The van der Waals surface area contributed by atoms with Gasteiger partial charge in [0.1, 0.15) is 24.2 Å². The Labute approximate surface area is 133 Å². The van der Waals surface area contributed by atoms with Crippen LogP contribution in [0.3, 0.4) is 0 Å². The zero-order valence-electron chi connectivity index (χ0n) is 12.0. The fraction of sp³-hybridized carbons (Fsp3) is 0.286. The maximum absolute atomic E-state index is 13.0. The van der Waals surface area contributed by atoms with Crippen molar-refractivity contribution in [3.05, 3.63) is 47.8 Å². The summed E-state index contributed by atoms with van der Waals surface area (Å²) in [7, 11) is 0. The van der Waals surface area contributed by atoms with Crippen molar-refractivity contribution in [3.63, 3.8) is 0 Å². The topological polar surface area (TPSA) is 67.3 Å². The summed E-state index contributed by atoms with van der Waals surface area (Å²) in [4.78, 5) is 6.86. The first kappa shape index (κ1) is 17.9. The van der Waals surface area contributed by atoms with Gasteiger partial charge in [-0.05, 0) is 18.2 Å². The van der Waals surface area contributed by atoms with Gasteiger partial charge < -0.3 is 15.2 Å². The molecule has 0 radical (unpaired) electrons. The summed E-state index contributed by atoms with van der Waals surface area (Å²) >= 11 is 0. The first-order chi connectivity index (χ1) is 11.3. The maximum atomic E-state index is 13.0. The van der Waals surface area contributed by atoms with E-state index in [9.17, 15) is 27.1 Å². The van der Waals surface area contributed by atoms with Crippen LogP contribution in [0.1, 0.15) is 5.69 Å². The van der Waals surface area contributed by atoms with Crippen LogP contribution in [0.5, 0.6) is 5.75 Å². The van der Waals surface area contributed by atoms with E-state index in [2.05, 4.69) is 15.3 Å². The van der Waals surface area contributed by atoms with Gasteiger partial charge in [0.15, 0.2) is 11.6 Å². The van der Waals surface area contributed by atoms with Gasteiger partial charge in [-0.15, -0.1) is 0 Å². The number of aliphatic hydroxyl groups is 1. The van der Waals surface area contributed by atoms with Gasteiger partial charge in [-0.3, -0.25) is 0 Å². The van der Waals surface area contributed by atoms with Crippen molar-refractivity contribution in [2.24, 2.45) is 0 Å². The lowest BCUT2D eigenvalue weighted by atomic mass is 10.3. The van der Waals surface area contributed by atoms with Crippen molar-refractivity contribution < 1.29 is 31.8 Å². The normalized spacial score (nSPS) is 12.8. The Morgan fingerprint density at radius 3 is 2.58 bits per heavy atom. The van der Waals surface area contributed by atoms with Crippen LogP contribution in [0, 0.1) is 11.6 Å². The minimum Gasteiger partial charge on any atom is -0.491 e. The summed E-state index contributed by atoms with van der Waals surface area (Å²) in [6.07, 6.45) is -4.81. The molecule has 0 saturated heterocycles. The van der Waals surface area contributed by atoms with Crippen LogP contribution in [0.2, 0.25) is 0 Å². The van der Waals surface area contributed by atoms with E-state index < -0.39 is 29.6 Å². The number of benzene rings is 1. The summed E-state index contributed by atoms with van der Waals surface area (Å²) in [5.41, 5.74) is -1.12. The van der Waals surface area contributed by atoms with Gasteiger partial charge >= 0.3 is 6.18 Å². The predicted octanol–water partition coefficient (Wildman–Crippen LogP) is 2.63. The molecule has 1 aromatic heterocycles. The van der Waals surface area contributed by atoms with E-state index in [0.29, 0.717) is 6.07 Å². The van der Waals surface area contributed by atoms with E-state index in [1.165, 1.54) is 6.07 Å². The Balaban J connectivity index is 1.85. The summed E-state index contributed by atoms with van der Waals surface area (Å²) in [6, 6.07) is 3.57. The smallest absolute Gasteiger partial charge is 0.433 e. The standard InChI is InChI=1S/C14H12F5N3O2/c15-10-2-1-9(5-11(10)16)24-7-8(23)6-21-13-20-4-3-12(22-13)14(17,18)19/h1-5,8,23H,6-7H2,(H,20,21,22). The minimum atomic E-state index is -4.60. The molecule has 1 atom stereocenters. The number of alkyl halides is 3. The Hall–Kier alpha value is -2.49. The predicted molar refractivity (Wildman–Crippen MR) is 73.4 cm³/mol. The van der Waals surface area contributed by atoms with Crippen LogP contribution in [0.15, 0.2) is 30.5 Å². The SMILES string of the molecule is OC(CNc1nccc(C(F)(F)F)n1)COc1ccc(F)c(F)c1. The van der Waals surface area contributed by atoms with Crippen molar-refractivity contribution in [2.75, 3.05) is 18.5 Å². The fourth-order valence-corrected chi connectivity index (χ4v) is 1.63. The molecule has 5 nitrogen and oxygen atoms in total. The van der Waals surface area contributed by atoms with Crippen molar-refractivity contribution in [2.45, 2.75) is 12.3 Å². The van der Waals surface area contributed by atoms with Gasteiger partial charge in [0.25, 0.3) is 0 Å². The number of hydrogen-bond donors (Lipinski definition) is 2. The largest absolute Gasteiger partial charge is 0.491 e. The number of ether oxygens (including phenoxy) is 1. The van der Waals surface area contributed by atoms with Crippen molar-refractivity contribution >= 4 is 5.95 Å². The van der Waals surface area contributed by atoms with E-state index in [0.717, 1.165) is 18.3 Å². The third-order valence-corrected chi connectivity index (χ3v) is 2.78. The average molecular weight is 349 g/mol. The van der Waals surface area contributed by atoms with Gasteiger partial charge in [0.2, 0.25) is 5.95 Å².